The van der Waals surface area contributed by atoms with Gasteiger partial charge in [0.2, 0.25) is 0 Å². The van der Waals surface area contributed by atoms with E-state index in [9.17, 15) is 0 Å². The van der Waals surface area contributed by atoms with Crippen LogP contribution in [0.3, 0.4) is 0 Å². The molecule has 0 spiro atoms. The van der Waals surface area contributed by atoms with Gasteiger partial charge in [-0.3, -0.25) is 4.98 Å². The molecule has 0 atom stereocenters. The first-order valence-electron chi connectivity index (χ1n) is 5.37. The van der Waals surface area contributed by atoms with Crippen molar-refractivity contribution in [3.8, 4) is 16.9 Å². The number of pyridine rings is 1. The molecule has 0 aromatic carbocycles. The standard InChI is InChI=1S/C12H11Cl2N3O/c1-7(2)18-9-3-8(5-15-6-9)10-4-11(13)16-17-12(10)14/h3-7H,1-2H3. The van der Waals surface area contributed by atoms with E-state index in [0.717, 1.165) is 5.56 Å². The van der Waals surface area contributed by atoms with Crippen LogP contribution in [0.1, 0.15) is 13.8 Å². The fraction of sp³-hybridized carbons (Fsp3) is 0.250. The number of halogens is 2. The van der Waals surface area contributed by atoms with Crippen LogP contribution in [0.25, 0.3) is 11.1 Å². The topological polar surface area (TPSA) is 47.9 Å². The summed E-state index contributed by atoms with van der Waals surface area (Å²) in [6.45, 7) is 3.90. The van der Waals surface area contributed by atoms with Gasteiger partial charge in [0.25, 0.3) is 0 Å². The number of aromatic nitrogens is 3. The van der Waals surface area contributed by atoms with Gasteiger partial charge < -0.3 is 4.74 Å². The Labute approximate surface area is 115 Å². The van der Waals surface area contributed by atoms with E-state index in [2.05, 4.69) is 15.2 Å². The Morgan fingerprint density at radius 3 is 2.61 bits per heavy atom. The van der Waals surface area contributed by atoms with Crippen molar-refractivity contribution in [2.45, 2.75) is 20.0 Å². The molecule has 2 rings (SSSR count). The Balaban J connectivity index is 2.41. The van der Waals surface area contributed by atoms with Crippen molar-refractivity contribution in [2.24, 2.45) is 0 Å². The maximum Gasteiger partial charge on any atom is 0.159 e. The highest BCUT2D eigenvalue weighted by Crippen LogP contribution is 2.29. The molecule has 0 aliphatic carbocycles. The summed E-state index contributed by atoms with van der Waals surface area (Å²) in [5.41, 5.74) is 1.47. The van der Waals surface area contributed by atoms with Crippen LogP contribution < -0.4 is 4.74 Å². The molecular weight excluding hydrogens is 273 g/mol. The highest BCUT2D eigenvalue weighted by molar-refractivity contribution is 6.33. The van der Waals surface area contributed by atoms with Gasteiger partial charge >= 0.3 is 0 Å². The maximum atomic E-state index is 5.99. The Bertz CT molecular complexity index is 561. The van der Waals surface area contributed by atoms with E-state index < -0.39 is 0 Å². The molecule has 2 aromatic heterocycles. The van der Waals surface area contributed by atoms with E-state index in [4.69, 9.17) is 27.9 Å². The second-order valence-corrected chi connectivity index (χ2v) is 4.69. The van der Waals surface area contributed by atoms with E-state index in [-0.39, 0.29) is 16.4 Å². The molecule has 0 amide bonds. The van der Waals surface area contributed by atoms with Crippen molar-refractivity contribution in [3.63, 3.8) is 0 Å². The lowest BCUT2D eigenvalue weighted by Gasteiger charge is -2.10. The van der Waals surface area contributed by atoms with E-state index >= 15 is 0 Å². The number of rotatable bonds is 3. The van der Waals surface area contributed by atoms with Gasteiger partial charge in [-0.15, -0.1) is 10.2 Å². The largest absolute Gasteiger partial charge is 0.489 e. The average Bonchev–Trinajstić information content (AvgIpc) is 2.32. The van der Waals surface area contributed by atoms with Gasteiger partial charge in [-0.05, 0) is 26.0 Å². The molecule has 94 valence electrons. The fourth-order valence-electron chi connectivity index (χ4n) is 1.46. The monoisotopic (exact) mass is 283 g/mol. The summed E-state index contributed by atoms with van der Waals surface area (Å²) in [6, 6.07) is 3.49. The lowest BCUT2D eigenvalue weighted by atomic mass is 10.1. The number of hydrogen-bond donors (Lipinski definition) is 0. The zero-order valence-electron chi connectivity index (χ0n) is 9.89. The summed E-state index contributed by atoms with van der Waals surface area (Å²) in [4.78, 5) is 4.11. The molecule has 2 heterocycles. The number of hydrogen-bond acceptors (Lipinski definition) is 4. The van der Waals surface area contributed by atoms with Crippen LogP contribution in [0.2, 0.25) is 10.3 Å². The van der Waals surface area contributed by atoms with Gasteiger partial charge in [-0.25, -0.2) is 0 Å². The molecule has 0 aliphatic rings. The minimum atomic E-state index is 0.0803. The normalized spacial score (nSPS) is 10.7. The fourth-order valence-corrected chi connectivity index (χ4v) is 1.81. The summed E-state index contributed by atoms with van der Waals surface area (Å²) in [6.07, 6.45) is 3.40. The Kier molecular flexibility index (Phi) is 3.99. The molecule has 0 saturated carbocycles. The number of nitrogens with zero attached hydrogens (tertiary/aromatic N) is 3. The highest BCUT2D eigenvalue weighted by atomic mass is 35.5. The Hall–Kier alpha value is -1.39. The van der Waals surface area contributed by atoms with Crippen LogP contribution in [-0.4, -0.2) is 21.3 Å². The molecular formula is C12H11Cl2N3O. The van der Waals surface area contributed by atoms with Gasteiger partial charge in [-0.2, -0.15) is 0 Å². The van der Waals surface area contributed by atoms with E-state index in [1.165, 1.54) is 0 Å². The third-order valence-electron chi connectivity index (χ3n) is 2.11. The van der Waals surface area contributed by atoms with Gasteiger partial charge in [0, 0.05) is 17.3 Å². The minimum absolute atomic E-state index is 0.0803. The van der Waals surface area contributed by atoms with Crippen LogP contribution in [0.4, 0.5) is 0 Å². The Morgan fingerprint density at radius 1 is 1.11 bits per heavy atom. The van der Waals surface area contributed by atoms with Crippen molar-refractivity contribution in [3.05, 3.63) is 34.8 Å². The highest BCUT2D eigenvalue weighted by Gasteiger charge is 2.09. The van der Waals surface area contributed by atoms with Crippen molar-refractivity contribution >= 4 is 23.2 Å². The molecule has 0 fully saturated rings. The van der Waals surface area contributed by atoms with Crippen LogP contribution in [-0.2, 0) is 0 Å². The second-order valence-electron chi connectivity index (χ2n) is 3.95. The number of ether oxygens (including phenoxy) is 1. The third kappa shape index (κ3) is 3.09. The van der Waals surface area contributed by atoms with Crippen molar-refractivity contribution in [1.82, 2.24) is 15.2 Å². The lowest BCUT2D eigenvalue weighted by Crippen LogP contribution is -2.05. The SMILES string of the molecule is CC(C)Oc1cncc(-c2cc(Cl)nnc2Cl)c1. The maximum absolute atomic E-state index is 5.99. The van der Waals surface area contributed by atoms with E-state index in [0.29, 0.717) is 11.3 Å². The predicted molar refractivity (Wildman–Crippen MR) is 71.0 cm³/mol. The molecule has 0 N–H and O–H groups in total. The van der Waals surface area contributed by atoms with Crippen molar-refractivity contribution < 1.29 is 4.74 Å². The smallest absolute Gasteiger partial charge is 0.159 e. The van der Waals surface area contributed by atoms with Crippen LogP contribution in [0.5, 0.6) is 5.75 Å². The van der Waals surface area contributed by atoms with Gasteiger partial charge in [0.05, 0.1) is 12.3 Å². The molecule has 0 aliphatic heterocycles. The lowest BCUT2D eigenvalue weighted by molar-refractivity contribution is 0.241. The zero-order chi connectivity index (χ0) is 13.1. The molecule has 0 radical (unpaired) electrons. The quantitative estimate of drug-likeness (QED) is 0.863. The molecule has 18 heavy (non-hydrogen) atoms. The van der Waals surface area contributed by atoms with Crippen molar-refractivity contribution in [2.75, 3.05) is 0 Å². The van der Waals surface area contributed by atoms with Gasteiger partial charge in [-0.1, -0.05) is 23.2 Å². The predicted octanol–water partition coefficient (Wildman–Crippen LogP) is 3.63. The third-order valence-corrected chi connectivity index (χ3v) is 2.58. The average molecular weight is 284 g/mol. The van der Waals surface area contributed by atoms with Crippen LogP contribution in [0.15, 0.2) is 24.5 Å². The molecule has 4 nitrogen and oxygen atoms in total. The molecule has 0 unspecified atom stereocenters. The molecule has 6 heteroatoms. The first kappa shape index (κ1) is 13.1. The summed E-state index contributed by atoms with van der Waals surface area (Å²) in [5.74, 6) is 0.673. The summed E-state index contributed by atoms with van der Waals surface area (Å²) in [7, 11) is 0. The summed E-state index contributed by atoms with van der Waals surface area (Å²) in [5, 5.41) is 7.99. The summed E-state index contributed by atoms with van der Waals surface area (Å²) < 4.78 is 5.57. The van der Waals surface area contributed by atoms with E-state index in [1.54, 1.807) is 18.5 Å². The molecule has 2 aromatic rings. The van der Waals surface area contributed by atoms with Gasteiger partial charge in [0.15, 0.2) is 10.3 Å². The van der Waals surface area contributed by atoms with E-state index in [1.807, 2.05) is 19.9 Å². The molecule has 0 saturated heterocycles. The van der Waals surface area contributed by atoms with Crippen LogP contribution in [0, 0.1) is 0 Å². The van der Waals surface area contributed by atoms with Crippen molar-refractivity contribution in [1.29, 1.82) is 0 Å². The minimum Gasteiger partial charge on any atom is -0.489 e. The van der Waals surface area contributed by atoms with Gasteiger partial charge in [0.1, 0.15) is 5.75 Å². The summed E-state index contributed by atoms with van der Waals surface area (Å²) >= 11 is 11.8. The first-order chi connectivity index (χ1) is 8.56. The molecule has 0 bridgehead atoms. The first-order valence-corrected chi connectivity index (χ1v) is 6.12. The Morgan fingerprint density at radius 2 is 1.89 bits per heavy atom. The second kappa shape index (κ2) is 5.50. The zero-order valence-corrected chi connectivity index (χ0v) is 11.4. The van der Waals surface area contributed by atoms with Crippen LogP contribution >= 0.6 is 23.2 Å².